The van der Waals surface area contributed by atoms with Crippen molar-refractivity contribution in [1.82, 2.24) is 4.90 Å². The van der Waals surface area contributed by atoms with Gasteiger partial charge >= 0.3 is 0 Å². The second kappa shape index (κ2) is 7.89. The summed E-state index contributed by atoms with van der Waals surface area (Å²) < 4.78 is 5.09. The fraction of sp³-hybridized carbons (Fsp3) is 0.600. The molecule has 0 amide bonds. The van der Waals surface area contributed by atoms with Gasteiger partial charge in [0.15, 0.2) is 0 Å². The molecule has 0 heterocycles. The summed E-state index contributed by atoms with van der Waals surface area (Å²) in [6, 6.07) is 3.70. The first-order chi connectivity index (χ1) is 9.13. The number of anilines is 1. The van der Waals surface area contributed by atoms with Crippen molar-refractivity contribution in [3.8, 4) is 11.5 Å². The monoisotopic (exact) mass is 266 g/mol. The molecule has 0 saturated heterocycles. The van der Waals surface area contributed by atoms with Gasteiger partial charge in [-0.3, -0.25) is 0 Å². The molecule has 0 aliphatic carbocycles. The van der Waals surface area contributed by atoms with Crippen LogP contribution >= 0.6 is 0 Å². The predicted molar refractivity (Wildman–Crippen MR) is 79.8 cm³/mol. The van der Waals surface area contributed by atoms with Gasteiger partial charge in [-0.05, 0) is 44.0 Å². The molecule has 0 aliphatic heterocycles. The zero-order valence-electron chi connectivity index (χ0n) is 12.3. The minimum Gasteiger partial charge on any atom is -0.505 e. The number of hydrogen-bond acceptors (Lipinski definition) is 4. The van der Waals surface area contributed by atoms with Crippen LogP contribution in [0.25, 0.3) is 0 Å². The van der Waals surface area contributed by atoms with Crippen LogP contribution in [0, 0.1) is 0 Å². The van der Waals surface area contributed by atoms with Gasteiger partial charge in [-0.15, -0.1) is 0 Å². The van der Waals surface area contributed by atoms with Gasteiger partial charge < -0.3 is 20.5 Å². The number of benzene rings is 1. The fourth-order valence-electron chi connectivity index (χ4n) is 2.26. The quantitative estimate of drug-likeness (QED) is 0.561. The van der Waals surface area contributed by atoms with Crippen LogP contribution in [0.4, 0.5) is 5.69 Å². The van der Waals surface area contributed by atoms with E-state index in [1.54, 1.807) is 7.11 Å². The second-order valence-corrected chi connectivity index (χ2v) is 4.78. The van der Waals surface area contributed by atoms with Crippen molar-refractivity contribution in [2.24, 2.45) is 0 Å². The second-order valence-electron chi connectivity index (χ2n) is 4.78. The molecule has 1 rings (SSSR count). The molecule has 108 valence electrons. The Kier molecular flexibility index (Phi) is 6.50. The van der Waals surface area contributed by atoms with Crippen molar-refractivity contribution < 1.29 is 9.84 Å². The lowest BCUT2D eigenvalue weighted by Gasteiger charge is -2.21. The van der Waals surface area contributed by atoms with Crippen molar-refractivity contribution in [2.75, 3.05) is 32.5 Å². The summed E-state index contributed by atoms with van der Waals surface area (Å²) in [5.74, 6) is 0.688. The number of hydrogen-bond donors (Lipinski definition) is 2. The molecule has 0 aromatic heterocycles. The Labute approximate surface area is 116 Å². The highest BCUT2D eigenvalue weighted by Gasteiger charge is 2.11. The van der Waals surface area contributed by atoms with E-state index in [-0.39, 0.29) is 5.75 Å². The van der Waals surface area contributed by atoms with Crippen molar-refractivity contribution in [2.45, 2.75) is 33.1 Å². The zero-order valence-corrected chi connectivity index (χ0v) is 12.3. The van der Waals surface area contributed by atoms with E-state index in [4.69, 9.17) is 10.5 Å². The number of nitrogens with zero attached hydrogens (tertiary/aromatic N) is 1. The van der Waals surface area contributed by atoms with E-state index >= 15 is 0 Å². The third kappa shape index (κ3) is 4.31. The highest BCUT2D eigenvalue weighted by molar-refractivity contribution is 5.65. The highest BCUT2D eigenvalue weighted by Crippen LogP contribution is 2.34. The van der Waals surface area contributed by atoms with Crippen LogP contribution in [0.15, 0.2) is 12.1 Å². The van der Waals surface area contributed by atoms with Crippen molar-refractivity contribution in [1.29, 1.82) is 0 Å². The first-order valence-electron chi connectivity index (χ1n) is 7.00. The lowest BCUT2D eigenvalue weighted by Crippen LogP contribution is -2.27. The Bertz CT molecular complexity index is 388. The Morgan fingerprint density at radius 1 is 1.16 bits per heavy atom. The summed E-state index contributed by atoms with van der Waals surface area (Å²) >= 11 is 0. The van der Waals surface area contributed by atoms with Crippen molar-refractivity contribution >= 4 is 5.69 Å². The van der Waals surface area contributed by atoms with Gasteiger partial charge in [-0.2, -0.15) is 0 Å². The lowest BCUT2D eigenvalue weighted by molar-refractivity contribution is 0.277. The maximum Gasteiger partial charge on any atom is 0.145 e. The number of nitrogen functional groups attached to an aromatic ring is 1. The standard InChI is InChI=1S/C15H26N2O2/c1-4-9-17(10-5-2)11-8-12-6-7-13(19-3)14(16)15(12)18/h6-7,18H,4-5,8-11,16H2,1-3H3. The van der Waals surface area contributed by atoms with Crippen LogP contribution < -0.4 is 10.5 Å². The van der Waals surface area contributed by atoms with E-state index in [0.29, 0.717) is 11.4 Å². The number of aromatic hydroxyl groups is 1. The average Bonchev–Trinajstić information content (AvgIpc) is 2.41. The summed E-state index contributed by atoms with van der Waals surface area (Å²) in [6.45, 7) is 7.51. The number of phenolic OH excluding ortho intramolecular Hbond substituents is 1. The normalized spacial score (nSPS) is 10.9. The predicted octanol–water partition coefficient (Wildman–Crippen LogP) is 2.65. The van der Waals surface area contributed by atoms with E-state index < -0.39 is 0 Å². The van der Waals surface area contributed by atoms with Crippen LogP contribution in [-0.4, -0.2) is 36.8 Å². The van der Waals surface area contributed by atoms with Crippen LogP contribution in [0.3, 0.4) is 0 Å². The molecular weight excluding hydrogens is 240 g/mol. The summed E-state index contributed by atoms with van der Waals surface area (Å²) in [6.07, 6.45) is 3.10. The van der Waals surface area contributed by atoms with E-state index in [2.05, 4.69) is 18.7 Å². The third-order valence-electron chi connectivity index (χ3n) is 3.26. The smallest absolute Gasteiger partial charge is 0.145 e. The van der Waals surface area contributed by atoms with E-state index in [1.165, 1.54) is 0 Å². The number of phenols is 1. The molecule has 19 heavy (non-hydrogen) atoms. The van der Waals surface area contributed by atoms with Gasteiger partial charge in [-0.1, -0.05) is 19.9 Å². The molecule has 0 spiro atoms. The zero-order chi connectivity index (χ0) is 14.3. The lowest BCUT2D eigenvalue weighted by atomic mass is 10.1. The molecule has 4 nitrogen and oxygen atoms in total. The largest absolute Gasteiger partial charge is 0.505 e. The topological polar surface area (TPSA) is 58.7 Å². The molecular formula is C15H26N2O2. The van der Waals surface area contributed by atoms with Crippen LogP contribution in [-0.2, 0) is 6.42 Å². The Morgan fingerprint density at radius 3 is 2.32 bits per heavy atom. The molecule has 0 fully saturated rings. The Hall–Kier alpha value is -1.42. The molecule has 0 saturated carbocycles. The highest BCUT2D eigenvalue weighted by atomic mass is 16.5. The number of ether oxygens (including phenoxy) is 1. The molecule has 4 heteroatoms. The summed E-state index contributed by atoms with van der Waals surface area (Å²) in [5.41, 5.74) is 7.04. The maximum atomic E-state index is 10.1. The first kappa shape index (κ1) is 15.6. The third-order valence-corrected chi connectivity index (χ3v) is 3.26. The van der Waals surface area contributed by atoms with Gasteiger partial charge in [0.05, 0.1) is 7.11 Å². The molecule has 0 unspecified atom stereocenters. The van der Waals surface area contributed by atoms with Crippen molar-refractivity contribution in [3.05, 3.63) is 17.7 Å². The minimum atomic E-state index is 0.160. The van der Waals surface area contributed by atoms with Crippen LogP contribution in [0.5, 0.6) is 11.5 Å². The summed E-state index contributed by atoms with van der Waals surface area (Å²) in [4.78, 5) is 2.42. The molecule has 0 aliphatic rings. The summed E-state index contributed by atoms with van der Waals surface area (Å²) in [7, 11) is 1.55. The van der Waals surface area contributed by atoms with Gasteiger partial charge in [0, 0.05) is 6.54 Å². The minimum absolute atomic E-state index is 0.160. The molecule has 3 N–H and O–H groups in total. The van der Waals surface area contributed by atoms with Gasteiger partial charge in [0.25, 0.3) is 0 Å². The molecule has 1 aromatic rings. The van der Waals surface area contributed by atoms with Gasteiger partial charge in [0.2, 0.25) is 0 Å². The van der Waals surface area contributed by atoms with Crippen LogP contribution in [0.2, 0.25) is 0 Å². The first-order valence-corrected chi connectivity index (χ1v) is 7.00. The number of methoxy groups -OCH3 is 1. The SMILES string of the molecule is CCCN(CCC)CCc1ccc(OC)c(N)c1O. The Balaban J connectivity index is 2.69. The van der Waals surface area contributed by atoms with E-state index in [9.17, 15) is 5.11 Å². The van der Waals surface area contributed by atoms with E-state index in [0.717, 1.165) is 44.5 Å². The van der Waals surface area contributed by atoms with Gasteiger partial charge in [-0.25, -0.2) is 0 Å². The molecule has 0 radical (unpaired) electrons. The number of nitrogens with two attached hydrogens (primary N) is 1. The van der Waals surface area contributed by atoms with Gasteiger partial charge in [0.1, 0.15) is 17.2 Å². The molecule has 1 aromatic carbocycles. The number of rotatable bonds is 8. The fourth-order valence-corrected chi connectivity index (χ4v) is 2.26. The molecule has 0 atom stereocenters. The Morgan fingerprint density at radius 2 is 1.79 bits per heavy atom. The van der Waals surface area contributed by atoms with Crippen LogP contribution in [0.1, 0.15) is 32.3 Å². The van der Waals surface area contributed by atoms with E-state index in [1.807, 2.05) is 12.1 Å². The average molecular weight is 266 g/mol. The maximum absolute atomic E-state index is 10.1. The summed E-state index contributed by atoms with van der Waals surface area (Å²) in [5, 5.41) is 10.1. The van der Waals surface area contributed by atoms with Crippen molar-refractivity contribution in [3.63, 3.8) is 0 Å². The molecule has 0 bridgehead atoms.